The van der Waals surface area contributed by atoms with Crippen LogP contribution in [0.2, 0.25) is 0 Å². The maximum atomic E-state index is 12.8. The number of benzene rings is 2. The van der Waals surface area contributed by atoms with E-state index in [1.165, 1.54) is 0 Å². The van der Waals surface area contributed by atoms with Gasteiger partial charge in [0.1, 0.15) is 12.4 Å². The van der Waals surface area contributed by atoms with Crippen LogP contribution in [0, 0.1) is 20.8 Å². The van der Waals surface area contributed by atoms with Gasteiger partial charge in [-0.15, -0.1) is 15.3 Å². The number of nitrogens with one attached hydrogen (secondary N) is 1. The van der Waals surface area contributed by atoms with Crippen LogP contribution in [0.1, 0.15) is 16.7 Å². The number of aryl methyl sites for hydroxylation is 3. The number of aromatic nitrogens is 4. The van der Waals surface area contributed by atoms with Gasteiger partial charge in [0.15, 0.2) is 11.5 Å². The maximum absolute atomic E-state index is 12.8. The smallest absolute Gasteiger partial charge is 0.241 e. The molecule has 2 aromatic carbocycles. The second kappa shape index (κ2) is 9.16. The zero-order valence-electron chi connectivity index (χ0n) is 18.9. The molecule has 4 rings (SSSR count). The first-order chi connectivity index (χ1) is 15.8. The van der Waals surface area contributed by atoms with Crippen molar-refractivity contribution in [2.75, 3.05) is 20.3 Å². The van der Waals surface area contributed by atoms with Crippen molar-refractivity contribution >= 4 is 15.7 Å². The van der Waals surface area contributed by atoms with Crippen LogP contribution in [-0.2, 0) is 10.0 Å². The molecule has 0 aliphatic rings. The van der Waals surface area contributed by atoms with E-state index < -0.39 is 10.0 Å². The second-order valence-electron chi connectivity index (χ2n) is 7.64. The Morgan fingerprint density at radius 2 is 1.73 bits per heavy atom. The molecular weight excluding hydrogens is 442 g/mol. The molecule has 0 aliphatic carbocycles. The van der Waals surface area contributed by atoms with Gasteiger partial charge in [0.05, 0.1) is 17.6 Å². The van der Waals surface area contributed by atoms with Gasteiger partial charge in [-0.05, 0) is 50.1 Å². The van der Waals surface area contributed by atoms with Crippen molar-refractivity contribution in [1.29, 1.82) is 0 Å². The lowest BCUT2D eigenvalue weighted by Gasteiger charge is -2.13. The monoisotopic (exact) mass is 467 g/mol. The Morgan fingerprint density at radius 3 is 2.45 bits per heavy atom. The van der Waals surface area contributed by atoms with Crippen LogP contribution in [0.5, 0.6) is 11.6 Å². The summed E-state index contributed by atoms with van der Waals surface area (Å²) in [4.78, 5) is 0.304. The summed E-state index contributed by atoms with van der Waals surface area (Å²) in [6, 6.07) is 14.6. The van der Waals surface area contributed by atoms with Crippen LogP contribution in [0.4, 0.5) is 0 Å². The zero-order valence-corrected chi connectivity index (χ0v) is 19.7. The molecule has 0 saturated carbocycles. The van der Waals surface area contributed by atoms with Crippen LogP contribution >= 0.6 is 0 Å². The molecule has 33 heavy (non-hydrogen) atoms. The number of para-hydroxylation sites is 1. The van der Waals surface area contributed by atoms with Crippen LogP contribution in [0.25, 0.3) is 17.0 Å². The van der Waals surface area contributed by atoms with E-state index in [-0.39, 0.29) is 13.2 Å². The van der Waals surface area contributed by atoms with Crippen molar-refractivity contribution in [3.05, 3.63) is 65.2 Å². The fourth-order valence-corrected chi connectivity index (χ4v) is 5.30. The van der Waals surface area contributed by atoms with E-state index in [4.69, 9.17) is 9.47 Å². The van der Waals surface area contributed by atoms with Crippen molar-refractivity contribution < 1.29 is 17.9 Å². The largest absolute Gasteiger partial charge is 0.496 e. The molecule has 0 radical (unpaired) electrons. The molecule has 0 saturated heterocycles. The van der Waals surface area contributed by atoms with Gasteiger partial charge in [-0.2, -0.15) is 4.52 Å². The number of ether oxygens (including phenoxy) is 2. The molecule has 4 aromatic rings. The molecule has 172 valence electrons. The third kappa shape index (κ3) is 4.67. The lowest BCUT2D eigenvalue weighted by Crippen LogP contribution is -2.29. The van der Waals surface area contributed by atoms with E-state index in [1.54, 1.807) is 37.6 Å². The van der Waals surface area contributed by atoms with Crippen molar-refractivity contribution in [1.82, 2.24) is 24.5 Å². The Kier molecular flexibility index (Phi) is 6.30. The number of nitrogens with zero attached hydrogens (tertiary/aromatic N) is 4. The SMILES string of the molecule is COc1ccccc1-c1nnc2ccc(OCCNS(=O)(=O)c3c(C)cc(C)cc3C)nn12. The number of hydrogen-bond acceptors (Lipinski definition) is 7. The Balaban J connectivity index is 1.47. The van der Waals surface area contributed by atoms with Crippen molar-refractivity contribution in [3.63, 3.8) is 0 Å². The number of hydrogen-bond donors (Lipinski definition) is 1. The molecule has 0 amide bonds. The predicted molar refractivity (Wildman–Crippen MR) is 124 cm³/mol. The standard InChI is InChI=1S/C23H25N5O4S/c1-15-13-16(2)22(17(3)14-15)33(29,30)24-11-12-32-21-10-9-20-25-26-23(28(20)27-21)18-7-5-6-8-19(18)31-4/h5-10,13-14,24H,11-12H2,1-4H3. The Hall–Kier alpha value is -3.50. The summed E-state index contributed by atoms with van der Waals surface area (Å²) in [7, 11) is -2.07. The molecule has 0 atom stereocenters. The Bertz CT molecular complexity index is 1390. The molecule has 2 aromatic heterocycles. The summed E-state index contributed by atoms with van der Waals surface area (Å²) in [5, 5.41) is 12.8. The quantitative estimate of drug-likeness (QED) is 0.397. The van der Waals surface area contributed by atoms with Crippen LogP contribution in [-0.4, -0.2) is 48.5 Å². The molecule has 0 spiro atoms. The van der Waals surface area contributed by atoms with Gasteiger partial charge in [0.25, 0.3) is 0 Å². The summed E-state index contributed by atoms with van der Waals surface area (Å²) >= 11 is 0. The normalized spacial score (nSPS) is 11.6. The molecule has 10 heteroatoms. The van der Waals surface area contributed by atoms with E-state index in [1.807, 2.05) is 43.3 Å². The summed E-state index contributed by atoms with van der Waals surface area (Å²) in [5.41, 5.74) is 3.74. The molecule has 0 bridgehead atoms. The van der Waals surface area contributed by atoms with Crippen LogP contribution in [0.15, 0.2) is 53.4 Å². The van der Waals surface area contributed by atoms with E-state index in [0.29, 0.717) is 39.1 Å². The molecule has 0 aliphatic heterocycles. The number of methoxy groups -OCH3 is 1. The summed E-state index contributed by atoms with van der Waals surface area (Å²) in [6.45, 7) is 5.73. The van der Waals surface area contributed by atoms with Gasteiger partial charge < -0.3 is 9.47 Å². The average Bonchev–Trinajstić information content (AvgIpc) is 3.19. The molecule has 9 nitrogen and oxygen atoms in total. The number of rotatable bonds is 8. The lowest BCUT2D eigenvalue weighted by molar-refractivity contribution is 0.306. The van der Waals surface area contributed by atoms with Crippen molar-refractivity contribution in [3.8, 4) is 23.0 Å². The minimum absolute atomic E-state index is 0.0936. The predicted octanol–water partition coefficient (Wildman–Crippen LogP) is 3.08. The summed E-state index contributed by atoms with van der Waals surface area (Å²) in [6.07, 6.45) is 0. The van der Waals surface area contributed by atoms with Gasteiger partial charge in [0.2, 0.25) is 15.9 Å². The minimum Gasteiger partial charge on any atom is -0.496 e. The van der Waals surface area contributed by atoms with Crippen LogP contribution in [0.3, 0.4) is 0 Å². The van der Waals surface area contributed by atoms with Crippen molar-refractivity contribution in [2.45, 2.75) is 25.7 Å². The third-order valence-electron chi connectivity index (χ3n) is 5.10. The topological polar surface area (TPSA) is 108 Å². The third-order valence-corrected chi connectivity index (χ3v) is 6.87. The van der Waals surface area contributed by atoms with Gasteiger partial charge in [0, 0.05) is 12.6 Å². The van der Waals surface area contributed by atoms with Crippen molar-refractivity contribution in [2.24, 2.45) is 0 Å². The first-order valence-electron chi connectivity index (χ1n) is 10.4. The first-order valence-corrected chi connectivity index (χ1v) is 11.8. The van der Waals surface area contributed by atoms with Gasteiger partial charge in [-0.3, -0.25) is 0 Å². The van der Waals surface area contributed by atoms with Crippen LogP contribution < -0.4 is 14.2 Å². The second-order valence-corrected chi connectivity index (χ2v) is 9.34. The summed E-state index contributed by atoms with van der Waals surface area (Å²) < 4.78 is 40.8. The molecule has 2 heterocycles. The number of fused-ring (bicyclic) bond motifs is 1. The highest BCUT2D eigenvalue weighted by atomic mass is 32.2. The van der Waals surface area contributed by atoms with E-state index in [0.717, 1.165) is 11.1 Å². The maximum Gasteiger partial charge on any atom is 0.241 e. The highest BCUT2D eigenvalue weighted by molar-refractivity contribution is 7.89. The van der Waals surface area contributed by atoms with E-state index in [9.17, 15) is 8.42 Å². The Labute approximate surface area is 192 Å². The average molecular weight is 468 g/mol. The highest BCUT2D eigenvalue weighted by Gasteiger charge is 2.19. The van der Waals surface area contributed by atoms with Gasteiger partial charge in [-0.1, -0.05) is 29.8 Å². The zero-order chi connectivity index (χ0) is 23.6. The molecule has 0 unspecified atom stereocenters. The molecule has 1 N–H and O–H groups in total. The van der Waals surface area contributed by atoms with Gasteiger partial charge in [-0.25, -0.2) is 13.1 Å². The van der Waals surface area contributed by atoms with E-state index >= 15 is 0 Å². The fourth-order valence-electron chi connectivity index (χ4n) is 3.84. The van der Waals surface area contributed by atoms with E-state index in [2.05, 4.69) is 20.0 Å². The lowest BCUT2D eigenvalue weighted by atomic mass is 10.1. The fraction of sp³-hybridized carbons (Fsp3) is 0.261. The molecule has 0 fully saturated rings. The summed E-state index contributed by atoms with van der Waals surface area (Å²) in [5.74, 6) is 1.48. The Morgan fingerprint density at radius 1 is 1.00 bits per heavy atom. The number of sulfonamides is 1. The van der Waals surface area contributed by atoms with Gasteiger partial charge >= 0.3 is 0 Å². The first kappa shape index (κ1) is 22.7. The molecular formula is C23H25N5O4S. The highest BCUT2D eigenvalue weighted by Crippen LogP contribution is 2.28. The minimum atomic E-state index is -3.66.